The molecule has 1 aromatic heterocycles. The predicted octanol–water partition coefficient (Wildman–Crippen LogP) is 4.70. The van der Waals surface area contributed by atoms with Gasteiger partial charge in [-0.15, -0.1) is 11.8 Å². The Morgan fingerprint density at radius 1 is 1.00 bits per heavy atom. The molecular formula is C32H43N5O6S. The topological polar surface area (TPSA) is 131 Å². The zero-order chi connectivity index (χ0) is 31.7. The number of nitrogens with one attached hydrogen (secondary N) is 1. The average molecular weight is 626 g/mol. The number of aromatic nitrogens is 2. The van der Waals surface area contributed by atoms with Crippen LogP contribution in [-0.4, -0.2) is 93.3 Å². The summed E-state index contributed by atoms with van der Waals surface area (Å²) in [6, 6.07) is 10.2. The number of hydrogen-bond acceptors (Lipinski definition) is 9. The van der Waals surface area contributed by atoms with Gasteiger partial charge in [-0.1, -0.05) is 43.2 Å². The van der Waals surface area contributed by atoms with Crippen molar-refractivity contribution in [2.24, 2.45) is 0 Å². The van der Waals surface area contributed by atoms with E-state index in [0.29, 0.717) is 29.2 Å². The maximum atomic E-state index is 13.7. The molecule has 1 N–H and O–H groups in total. The van der Waals surface area contributed by atoms with Crippen molar-refractivity contribution >= 4 is 35.6 Å². The highest BCUT2D eigenvalue weighted by molar-refractivity contribution is 7.99. The second kappa shape index (κ2) is 15.4. The molecule has 44 heavy (non-hydrogen) atoms. The van der Waals surface area contributed by atoms with E-state index in [9.17, 15) is 19.2 Å². The third kappa shape index (κ3) is 9.67. The van der Waals surface area contributed by atoms with E-state index in [1.165, 1.54) is 12.8 Å². The molecule has 2 heterocycles. The van der Waals surface area contributed by atoms with Gasteiger partial charge >= 0.3 is 12.1 Å². The van der Waals surface area contributed by atoms with Gasteiger partial charge in [0.15, 0.2) is 5.82 Å². The zero-order valence-electron chi connectivity index (χ0n) is 26.0. The van der Waals surface area contributed by atoms with Gasteiger partial charge in [0.05, 0.1) is 6.61 Å². The maximum absolute atomic E-state index is 13.7. The number of carbonyl (C=O) groups excluding carboxylic acids is 4. The second-order valence-electron chi connectivity index (χ2n) is 12.0. The molecule has 0 spiro atoms. The van der Waals surface area contributed by atoms with Crippen LogP contribution in [0.1, 0.15) is 76.7 Å². The molecule has 0 radical (unpaired) electrons. The lowest BCUT2D eigenvalue weighted by atomic mass is 10.1. The van der Waals surface area contributed by atoms with Crippen LogP contribution in [-0.2, 0) is 19.1 Å². The number of esters is 1. The minimum absolute atomic E-state index is 0.0535. The van der Waals surface area contributed by atoms with Gasteiger partial charge in [-0.25, -0.2) is 14.8 Å². The van der Waals surface area contributed by atoms with E-state index >= 15 is 0 Å². The Hall–Kier alpha value is -3.67. The molecule has 4 rings (SSSR count). The molecule has 1 saturated heterocycles. The lowest BCUT2D eigenvalue weighted by molar-refractivity contribution is -0.155. The fourth-order valence-corrected chi connectivity index (χ4v) is 6.41. The summed E-state index contributed by atoms with van der Waals surface area (Å²) in [5, 5.41) is 4.00. The number of amides is 3. The summed E-state index contributed by atoms with van der Waals surface area (Å²) in [4.78, 5) is 64.7. The Morgan fingerprint density at radius 2 is 1.66 bits per heavy atom. The molecule has 2 aromatic rings. The number of ether oxygens (including phenoxy) is 2. The smallest absolute Gasteiger partial charge is 0.409 e. The van der Waals surface area contributed by atoms with Gasteiger partial charge in [0, 0.05) is 49.5 Å². The quantitative estimate of drug-likeness (QED) is 0.295. The predicted molar refractivity (Wildman–Crippen MR) is 167 cm³/mol. The number of rotatable bonds is 10. The molecule has 1 aliphatic heterocycles. The van der Waals surface area contributed by atoms with E-state index in [1.54, 1.807) is 55.3 Å². The zero-order valence-corrected chi connectivity index (χ0v) is 26.9. The Labute approximate surface area is 263 Å². The number of benzene rings is 1. The number of thioether (sulfide) groups is 1. The summed E-state index contributed by atoms with van der Waals surface area (Å²) in [7, 11) is 0. The summed E-state index contributed by atoms with van der Waals surface area (Å²) < 4.78 is 10.5. The van der Waals surface area contributed by atoms with Gasteiger partial charge in [0.1, 0.15) is 22.4 Å². The second-order valence-corrected chi connectivity index (χ2v) is 13.3. The molecule has 3 amide bonds. The Balaban J connectivity index is 1.54. The first kappa shape index (κ1) is 33.2. The molecule has 1 aromatic carbocycles. The molecule has 1 aliphatic carbocycles. The van der Waals surface area contributed by atoms with Crippen LogP contribution in [0, 0.1) is 0 Å². The fourth-order valence-electron chi connectivity index (χ4n) is 5.18. The SMILES string of the molecule is CCOC(=O)N1CCN(C(=O)[C@H](CCC(=O)OC(C)(C)C)NC(=O)c2cc(SC3CCCC3)nc(-c3ccccc3)n2)CC1. The van der Waals surface area contributed by atoms with Crippen molar-refractivity contribution in [3.05, 3.63) is 42.1 Å². The standard InChI is InChI=1S/C32H43N5O6S/c1-5-42-31(41)37-19-17-36(18-20-37)30(40)24(15-16-27(38)43-32(2,3)4)34-29(39)25-21-26(44-23-13-9-10-14-23)35-28(33-25)22-11-7-6-8-12-22/h6-8,11-12,21,23-24H,5,9-10,13-20H2,1-4H3,(H,34,39)/t24-/m0/s1. The number of piperazine rings is 1. The van der Waals surface area contributed by atoms with E-state index in [2.05, 4.69) is 10.3 Å². The van der Waals surface area contributed by atoms with Gasteiger partial charge in [0.2, 0.25) is 5.91 Å². The monoisotopic (exact) mass is 625 g/mol. The van der Waals surface area contributed by atoms with Crippen molar-refractivity contribution in [2.75, 3.05) is 32.8 Å². The number of nitrogens with zero attached hydrogens (tertiary/aromatic N) is 4. The molecule has 1 saturated carbocycles. The van der Waals surface area contributed by atoms with Crippen LogP contribution in [0.15, 0.2) is 41.4 Å². The molecule has 0 unspecified atom stereocenters. The largest absolute Gasteiger partial charge is 0.460 e. The Kier molecular flexibility index (Phi) is 11.6. The van der Waals surface area contributed by atoms with Gasteiger partial charge in [-0.2, -0.15) is 0 Å². The van der Waals surface area contributed by atoms with Crippen LogP contribution in [0.2, 0.25) is 0 Å². The number of hydrogen-bond donors (Lipinski definition) is 1. The van der Waals surface area contributed by atoms with Crippen LogP contribution in [0.5, 0.6) is 0 Å². The summed E-state index contributed by atoms with van der Waals surface area (Å²) in [6.45, 7) is 8.53. The third-order valence-electron chi connectivity index (χ3n) is 7.33. The van der Waals surface area contributed by atoms with Gasteiger partial charge in [-0.05, 0) is 47.0 Å². The van der Waals surface area contributed by atoms with Crippen LogP contribution in [0.3, 0.4) is 0 Å². The van der Waals surface area contributed by atoms with Crippen molar-refractivity contribution in [1.82, 2.24) is 25.1 Å². The van der Waals surface area contributed by atoms with Crippen LogP contribution < -0.4 is 5.32 Å². The van der Waals surface area contributed by atoms with E-state index in [0.717, 1.165) is 18.4 Å². The molecule has 1 atom stereocenters. The third-order valence-corrected chi connectivity index (χ3v) is 8.59. The highest BCUT2D eigenvalue weighted by atomic mass is 32.2. The Morgan fingerprint density at radius 3 is 2.30 bits per heavy atom. The molecule has 2 fully saturated rings. The molecule has 2 aliphatic rings. The first-order chi connectivity index (χ1) is 21.0. The van der Waals surface area contributed by atoms with E-state index in [4.69, 9.17) is 14.5 Å². The molecule has 238 valence electrons. The van der Waals surface area contributed by atoms with Crippen LogP contribution in [0.4, 0.5) is 4.79 Å². The first-order valence-corrected chi connectivity index (χ1v) is 16.2. The summed E-state index contributed by atoms with van der Waals surface area (Å²) in [5.41, 5.74) is 0.264. The molecular weight excluding hydrogens is 582 g/mol. The minimum Gasteiger partial charge on any atom is -0.460 e. The Bertz CT molecular complexity index is 1300. The van der Waals surface area contributed by atoms with Crippen molar-refractivity contribution in [2.45, 2.75) is 88.1 Å². The van der Waals surface area contributed by atoms with Crippen LogP contribution >= 0.6 is 11.8 Å². The lowest BCUT2D eigenvalue weighted by Gasteiger charge is -2.36. The average Bonchev–Trinajstić information content (AvgIpc) is 3.51. The van der Waals surface area contributed by atoms with E-state index in [-0.39, 0.29) is 44.1 Å². The highest BCUT2D eigenvalue weighted by Gasteiger charge is 2.32. The normalized spacial score (nSPS) is 16.4. The van der Waals surface area contributed by atoms with Crippen molar-refractivity contribution in [3.63, 3.8) is 0 Å². The summed E-state index contributed by atoms with van der Waals surface area (Å²) in [6.07, 6.45) is 4.13. The van der Waals surface area contributed by atoms with E-state index in [1.807, 2.05) is 30.3 Å². The maximum Gasteiger partial charge on any atom is 0.409 e. The highest BCUT2D eigenvalue weighted by Crippen LogP contribution is 2.34. The fraction of sp³-hybridized carbons (Fsp3) is 0.562. The van der Waals surface area contributed by atoms with Crippen molar-refractivity contribution < 1.29 is 28.7 Å². The van der Waals surface area contributed by atoms with Gasteiger partial charge in [0.25, 0.3) is 5.91 Å². The van der Waals surface area contributed by atoms with Crippen molar-refractivity contribution in [1.29, 1.82) is 0 Å². The lowest BCUT2D eigenvalue weighted by Crippen LogP contribution is -2.56. The van der Waals surface area contributed by atoms with Gasteiger partial charge in [-0.3, -0.25) is 14.4 Å². The molecule has 11 nitrogen and oxygen atoms in total. The summed E-state index contributed by atoms with van der Waals surface area (Å²) in [5.74, 6) is -0.875. The van der Waals surface area contributed by atoms with Crippen LogP contribution in [0.25, 0.3) is 11.4 Å². The van der Waals surface area contributed by atoms with Gasteiger partial charge < -0.3 is 24.6 Å². The molecule has 0 bridgehead atoms. The summed E-state index contributed by atoms with van der Waals surface area (Å²) >= 11 is 1.65. The minimum atomic E-state index is -0.995. The van der Waals surface area contributed by atoms with Crippen molar-refractivity contribution in [3.8, 4) is 11.4 Å². The number of carbonyl (C=O) groups is 4. The van der Waals surface area contributed by atoms with E-state index < -0.39 is 29.6 Å². The first-order valence-electron chi connectivity index (χ1n) is 15.4. The molecule has 12 heteroatoms.